The first kappa shape index (κ1) is 30.6. The van der Waals surface area contributed by atoms with E-state index in [1.807, 2.05) is 11.8 Å². The second-order valence-electron chi connectivity index (χ2n) is 14.9. The fraction of sp³-hybridized carbons (Fsp3) is 0.0800. The Kier molecular flexibility index (Phi) is 6.48. The van der Waals surface area contributed by atoms with Crippen molar-refractivity contribution in [2.45, 2.75) is 34.5 Å². The van der Waals surface area contributed by atoms with Crippen LogP contribution in [0.15, 0.2) is 180 Å². The standard InChI is InChI=1S/C50H34N2S/c1-49(2)38-19-9-6-16-34(38)37-26-24-32(28-43(37)49)45-30-44(31-14-4-3-5-15-31)51-48(52-45)33-25-27-42-47(29-33)53-46-23-13-12-22-41(46)50(42)39-20-10-7-17-35(39)36-18-8-11-21-40(36)50/h3-30H,1-2H3. The summed E-state index contributed by atoms with van der Waals surface area (Å²) in [5.41, 5.74) is 17.8. The molecular formula is C50H34N2S. The largest absolute Gasteiger partial charge is 0.228 e. The van der Waals surface area contributed by atoms with Crippen molar-refractivity contribution in [2.75, 3.05) is 0 Å². The van der Waals surface area contributed by atoms with Gasteiger partial charge in [0.15, 0.2) is 5.82 Å². The lowest BCUT2D eigenvalue weighted by Gasteiger charge is -2.39. The van der Waals surface area contributed by atoms with Crippen LogP contribution in [0.5, 0.6) is 0 Å². The van der Waals surface area contributed by atoms with Gasteiger partial charge in [-0.05, 0) is 79.9 Å². The molecule has 3 aliphatic rings. The van der Waals surface area contributed by atoms with Crippen molar-refractivity contribution in [1.82, 2.24) is 9.97 Å². The molecule has 2 heterocycles. The van der Waals surface area contributed by atoms with Crippen molar-refractivity contribution in [3.05, 3.63) is 203 Å². The van der Waals surface area contributed by atoms with E-state index in [-0.39, 0.29) is 5.41 Å². The topological polar surface area (TPSA) is 25.8 Å². The molecule has 2 nitrogen and oxygen atoms in total. The van der Waals surface area contributed by atoms with Crippen LogP contribution in [-0.4, -0.2) is 9.97 Å². The Morgan fingerprint density at radius 1 is 0.377 bits per heavy atom. The number of aromatic nitrogens is 2. The summed E-state index contributed by atoms with van der Waals surface area (Å²) in [5.74, 6) is 0.730. The van der Waals surface area contributed by atoms with Crippen LogP contribution >= 0.6 is 11.8 Å². The summed E-state index contributed by atoms with van der Waals surface area (Å²) in [6.07, 6.45) is 0. The Morgan fingerprint density at radius 3 is 1.62 bits per heavy atom. The predicted molar refractivity (Wildman–Crippen MR) is 217 cm³/mol. The number of fused-ring (bicyclic) bond motifs is 12. The highest BCUT2D eigenvalue weighted by atomic mass is 32.2. The van der Waals surface area contributed by atoms with Crippen LogP contribution in [0.2, 0.25) is 0 Å². The zero-order valence-electron chi connectivity index (χ0n) is 29.5. The van der Waals surface area contributed by atoms with E-state index in [1.54, 1.807) is 0 Å². The molecular weight excluding hydrogens is 661 g/mol. The fourth-order valence-corrected chi connectivity index (χ4v) is 10.6. The Balaban J connectivity index is 1.11. The second kappa shape index (κ2) is 11.2. The van der Waals surface area contributed by atoms with Gasteiger partial charge >= 0.3 is 0 Å². The third-order valence-corrected chi connectivity index (χ3v) is 12.9. The molecule has 53 heavy (non-hydrogen) atoms. The van der Waals surface area contributed by atoms with Gasteiger partial charge in [-0.1, -0.05) is 171 Å². The molecule has 0 bridgehead atoms. The number of benzene rings is 7. The number of hydrogen-bond acceptors (Lipinski definition) is 3. The lowest BCUT2D eigenvalue weighted by molar-refractivity contribution is 0.660. The molecule has 0 radical (unpaired) electrons. The molecule has 0 fully saturated rings. The molecule has 3 heteroatoms. The highest BCUT2D eigenvalue weighted by Gasteiger charge is 2.50. The monoisotopic (exact) mass is 694 g/mol. The van der Waals surface area contributed by atoms with Crippen molar-refractivity contribution in [3.63, 3.8) is 0 Å². The van der Waals surface area contributed by atoms with Gasteiger partial charge in [-0.25, -0.2) is 9.97 Å². The highest BCUT2D eigenvalue weighted by molar-refractivity contribution is 7.99. The molecule has 8 aromatic rings. The van der Waals surface area contributed by atoms with Crippen LogP contribution in [0, 0.1) is 0 Å². The third-order valence-electron chi connectivity index (χ3n) is 11.8. The Bertz CT molecular complexity index is 2750. The summed E-state index contributed by atoms with van der Waals surface area (Å²) in [5, 5.41) is 0. The van der Waals surface area contributed by atoms with Gasteiger partial charge in [0, 0.05) is 31.9 Å². The molecule has 0 N–H and O–H groups in total. The number of rotatable bonds is 3. The maximum absolute atomic E-state index is 5.36. The van der Waals surface area contributed by atoms with E-state index in [9.17, 15) is 0 Å². The summed E-state index contributed by atoms with van der Waals surface area (Å²) in [6, 6.07) is 62.1. The van der Waals surface area contributed by atoms with Gasteiger partial charge in [0.05, 0.1) is 16.8 Å². The van der Waals surface area contributed by atoms with Gasteiger partial charge in [0.25, 0.3) is 0 Å². The zero-order valence-corrected chi connectivity index (χ0v) is 30.3. The van der Waals surface area contributed by atoms with E-state index >= 15 is 0 Å². The minimum atomic E-state index is -0.407. The Hall–Kier alpha value is -6.03. The number of nitrogens with zero attached hydrogens (tertiary/aromatic N) is 2. The first-order chi connectivity index (χ1) is 26.0. The summed E-state index contributed by atoms with van der Waals surface area (Å²) < 4.78 is 0. The summed E-state index contributed by atoms with van der Waals surface area (Å²) >= 11 is 1.85. The van der Waals surface area contributed by atoms with Crippen molar-refractivity contribution in [3.8, 4) is 56.2 Å². The number of hydrogen-bond donors (Lipinski definition) is 0. The fourth-order valence-electron chi connectivity index (χ4n) is 9.34. The maximum atomic E-state index is 5.36. The molecule has 11 rings (SSSR count). The lowest BCUT2D eigenvalue weighted by Crippen LogP contribution is -2.31. The smallest absolute Gasteiger partial charge is 0.160 e. The molecule has 2 aliphatic carbocycles. The summed E-state index contributed by atoms with van der Waals surface area (Å²) in [6.45, 7) is 4.66. The van der Waals surface area contributed by atoms with Crippen LogP contribution in [0.4, 0.5) is 0 Å². The summed E-state index contributed by atoms with van der Waals surface area (Å²) in [4.78, 5) is 13.1. The normalized spacial score (nSPS) is 14.8. The first-order valence-electron chi connectivity index (χ1n) is 18.3. The van der Waals surface area contributed by atoms with Crippen LogP contribution in [0.1, 0.15) is 47.2 Å². The van der Waals surface area contributed by atoms with Gasteiger partial charge in [0.1, 0.15) is 0 Å². The second-order valence-corrected chi connectivity index (χ2v) is 16.0. The average Bonchev–Trinajstić information content (AvgIpc) is 3.63. The molecule has 7 aromatic carbocycles. The van der Waals surface area contributed by atoms with Gasteiger partial charge in [-0.15, -0.1) is 0 Å². The van der Waals surface area contributed by atoms with Crippen molar-refractivity contribution < 1.29 is 0 Å². The molecule has 1 aromatic heterocycles. The summed E-state index contributed by atoms with van der Waals surface area (Å²) in [7, 11) is 0. The third kappa shape index (κ3) is 4.29. The molecule has 250 valence electrons. The Morgan fingerprint density at radius 2 is 0.906 bits per heavy atom. The van der Waals surface area contributed by atoms with E-state index in [0.717, 1.165) is 33.9 Å². The van der Waals surface area contributed by atoms with Crippen LogP contribution in [0.3, 0.4) is 0 Å². The molecule has 0 saturated carbocycles. The van der Waals surface area contributed by atoms with Crippen LogP contribution in [0.25, 0.3) is 56.2 Å². The van der Waals surface area contributed by atoms with E-state index in [4.69, 9.17) is 9.97 Å². The van der Waals surface area contributed by atoms with Crippen LogP contribution < -0.4 is 0 Å². The van der Waals surface area contributed by atoms with E-state index in [2.05, 4.69) is 184 Å². The average molecular weight is 695 g/mol. The van der Waals surface area contributed by atoms with Gasteiger partial charge in [-0.3, -0.25) is 0 Å². The Labute approximate surface area is 314 Å². The SMILES string of the molecule is CC1(C)c2ccccc2-c2ccc(-c3cc(-c4ccccc4)nc(-c4ccc5c(c4)Sc4ccccc4C54c5ccccc5-c5ccccc54)n3)cc21. The van der Waals surface area contributed by atoms with Crippen LogP contribution in [-0.2, 0) is 10.8 Å². The molecule has 0 saturated heterocycles. The van der Waals surface area contributed by atoms with Crippen molar-refractivity contribution in [1.29, 1.82) is 0 Å². The minimum absolute atomic E-state index is 0.0977. The zero-order chi connectivity index (χ0) is 35.3. The van der Waals surface area contributed by atoms with E-state index in [1.165, 1.54) is 65.4 Å². The first-order valence-corrected chi connectivity index (χ1v) is 19.1. The minimum Gasteiger partial charge on any atom is -0.228 e. The van der Waals surface area contributed by atoms with Gasteiger partial charge in [0.2, 0.25) is 0 Å². The quantitative estimate of drug-likeness (QED) is 0.184. The van der Waals surface area contributed by atoms with Crippen molar-refractivity contribution in [2.24, 2.45) is 0 Å². The van der Waals surface area contributed by atoms with Crippen molar-refractivity contribution >= 4 is 11.8 Å². The van der Waals surface area contributed by atoms with Gasteiger partial charge in [-0.2, -0.15) is 0 Å². The molecule has 0 unspecified atom stereocenters. The molecule has 1 aliphatic heterocycles. The highest BCUT2D eigenvalue weighted by Crippen LogP contribution is 2.62. The molecule has 0 amide bonds. The maximum Gasteiger partial charge on any atom is 0.160 e. The van der Waals surface area contributed by atoms with E-state index in [0.29, 0.717) is 0 Å². The van der Waals surface area contributed by atoms with E-state index < -0.39 is 5.41 Å². The predicted octanol–water partition coefficient (Wildman–Crippen LogP) is 12.6. The molecule has 0 atom stereocenters. The van der Waals surface area contributed by atoms with Gasteiger partial charge < -0.3 is 0 Å². The lowest BCUT2D eigenvalue weighted by atomic mass is 9.67. The molecule has 1 spiro atoms.